The second-order valence-electron chi connectivity index (χ2n) is 9.84. The van der Waals surface area contributed by atoms with Crippen molar-refractivity contribution in [2.75, 3.05) is 24.4 Å². The summed E-state index contributed by atoms with van der Waals surface area (Å²) in [4.78, 5) is 41.7. The summed E-state index contributed by atoms with van der Waals surface area (Å²) in [5.41, 5.74) is 0.0735. The minimum Gasteiger partial charge on any atom is -0.497 e. The summed E-state index contributed by atoms with van der Waals surface area (Å²) in [5, 5.41) is 9.59. The van der Waals surface area contributed by atoms with Crippen molar-refractivity contribution in [3.8, 4) is 11.5 Å². The van der Waals surface area contributed by atoms with E-state index >= 15 is 0 Å². The number of ether oxygens (including phenoxy) is 2. The molecule has 1 unspecified atom stereocenters. The molecule has 1 aromatic heterocycles. The molecular weight excluding hydrogens is 524 g/mol. The van der Waals surface area contributed by atoms with Crippen LogP contribution in [0.4, 0.5) is 11.5 Å². The van der Waals surface area contributed by atoms with Gasteiger partial charge in [-0.3, -0.25) is 19.3 Å². The molecule has 39 heavy (non-hydrogen) atoms. The van der Waals surface area contributed by atoms with Gasteiger partial charge in [0, 0.05) is 41.1 Å². The second kappa shape index (κ2) is 12.7. The summed E-state index contributed by atoms with van der Waals surface area (Å²) in [5.74, 6) is 0.130. The molecule has 2 N–H and O–H groups in total. The fraction of sp³-hybridized carbons (Fsp3) is 0.357. The molecule has 1 heterocycles. The highest BCUT2D eigenvalue weighted by Crippen LogP contribution is 2.40. The van der Waals surface area contributed by atoms with Gasteiger partial charge < -0.3 is 24.6 Å². The number of halogens is 1. The van der Waals surface area contributed by atoms with E-state index in [0.29, 0.717) is 27.8 Å². The van der Waals surface area contributed by atoms with Crippen molar-refractivity contribution in [3.05, 3.63) is 64.9 Å². The van der Waals surface area contributed by atoms with E-state index in [1.165, 1.54) is 19.1 Å². The van der Waals surface area contributed by atoms with E-state index < -0.39 is 29.3 Å². The Morgan fingerprint density at radius 3 is 2.36 bits per heavy atom. The van der Waals surface area contributed by atoms with E-state index in [9.17, 15) is 14.4 Å². The highest BCUT2D eigenvalue weighted by molar-refractivity contribution is 6.31. The van der Waals surface area contributed by atoms with E-state index in [-0.39, 0.29) is 24.3 Å². The Kier molecular flexibility index (Phi) is 9.58. The van der Waals surface area contributed by atoms with Crippen molar-refractivity contribution in [2.24, 2.45) is 0 Å². The number of hydrogen-bond acceptors (Lipinski definition) is 7. The number of rotatable bonds is 10. The largest absolute Gasteiger partial charge is 0.497 e. The molecular formula is C28H33ClN4O6. The third-order valence-electron chi connectivity index (χ3n) is 5.58. The molecule has 0 aliphatic rings. The lowest BCUT2D eigenvalue weighted by atomic mass is 9.99. The van der Waals surface area contributed by atoms with Crippen LogP contribution >= 0.6 is 11.6 Å². The number of benzene rings is 2. The molecule has 3 rings (SSSR count). The van der Waals surface area contributed by atoms with Crippen LogP contribution in [0.1, 0.15) is 51.0 Å². The summed E-state index contributed by atoms with van der Waals surface area (Å²) < 4.78 is 15.9. The Balaban J connectivity index is 2.08. The first kappa shape index (κ1) is 29.5. The van der Waals surface area contributed by atoms with Gasteiger partial charge in [-0.2, -0.15) is 0 Å². The minimum atomic E-state index is -1.19. The number of hydrogen-bond donors (Lipinski definition) is 2. The number of carbonyl (C=O) groups excluding carboxylic acids is 3. The van der Waals surface area contributed by atoms with Crippen LogP contribution in [-0.4, -0.2) is 42.6 Å². The number of aromatic nitrogens is 1. The van der Waals surface area contributed by atoms with Gasteiger partial charge in [0.15, 0.2) is 5.82 Å². The molecule has 11 heteroatoms. The maximum atomic E-state index is 14.0. The molecule has 0 radical (unpaired) electrons. The van der Waals surface area contributed by atoms with Crippen LogP contribution in [0.25, 0.3) is 0 Å². The smallest absolute Gasteiger partial charge is 0.248 e. The van der Waals surface area contributed by atoms with Crippen LogP contribution in [0.3, 0.4) is 0 Å². The monoisotopic (exact) mass is 556 g/mol. The van der Waals surface area contributed by atoms with Crippen LogP contribution in [0, 0.1) is 6.92 Å². The molecule has 10 nitrogen and oxygen atoms in total. The Bertz CT molecular complexity index is 1330. The third-order valence-corrected chi connectivity index (χ3v) is 5.92. The van der Waals surface area contributed by atoms with E-state index in [1.54, 1.807) is 55.5 Å². The third kappa shape index (κ3) is 7.73. The Morgan fingerprint density at radius 2 is 1.77 bits per heavy atom. The summed E-state index contributed by atoms with van der Waals surface area (Å²) >= 11 is 6.57. The van der Waals surface area contributed by atoms with Crippen molar-refractivity contribution < 1.29 is 28.4 Å². The maximum Gasteiger partial charge on any atom is 0.248 e. The lowest BCUT2D eigenvalue weighted by Gasteiger charge is -2.35. The predicted molar refractivity (Wildman–Crippen MR) is 148 cm³/mol. The highest BCUT2D eigenvalue weighted by Gasteiger charge is 2.37. The van der Waals surface area contributed by atoms with E-state index in [1.807, 2.05) is 20.8 Å². The van der Waals surface area contributed by atoms with Crippen LogP contribution < -0.4 is 25.0 Å². The van der Waals surface area contributed by atoms with Gasteiger partial charge in [0.1, 0.15) is 23.3 Å². The molecule has 0 aliphatic carbocycles. The molecule has 1 atom stereocenters. The van der Waals surface area contributed by atoms with Gasteiger partial charge in [-0.1, -0.05) is 35.0 Å². The van der Waals surface area contributed by atoms with Crippen molar-refractivity contribution in [1.82, 2.24) is 10.5 Å². The molecule has 0 bridgehead atoms. The highest BCUT2D eigenvalue weighted by atomic mass is 35.5. The van der Waals surface area contributed by atoms with Crippen molar-refractivity contribution in [3.63, 3.8) is 0 Å². The molecule has 3 aromatic rings. The Hall–Kier alpha value is -4.05. The standard InChI is InChI=1S/C28H33ClN4O6/c1-17-15-23(32-39-17)30-24(34)13-14-25(35)33(21-16-18(37-5)11-12-22(21)38-6)26(27(36)31-28(2,3)4)19-9-7-8-10-20(19)29/h7-12,15-16,26H,13-14H2,1-6H3,(H,31,36)(H,30,32,34). The summed E-state index contributed by atoms with van der Waals surface area (Å²) in [7, 11) is 2.95. The SMILES string of the molecule is COc1ccc(OC)c(N(C(=O)CCC(=O)Nc2cc(C)on2)C(C(=O)NC(C)(C)C)c2ccccc2Cl)c1. The summed E-state index contributed by atoms with van der Waals surface area (Å²) in [6.07, 6.45) is -0.406. The summed E-state index contributed by atoms with van der Waals surface area (Å²) in [6, 6.07) is 12.1. The van der Waals surface area contributed by atoms with Gasteiger partial charge in [0.2, 0.25) is 17.7 Å². The minimum absolute atomic E-state index is 0.177. The van der Waals surface area contributed by atoms with Gasteiger partial charge in [-0.15, -0.1) is 0 Å². The van der Waals surface area contributed by atoms with E-state index in [2.05, 4.69) is 15.8 Å². The van der Waals surface area contributed by atoms with Crippen LogP contribution in [0.5, 0.6) is 11.5 Å². The van der Waals surface area contributed by atoms with Crippen LogP contribution in [-0.2, 0) is 14.4 Å². The van der Waals surface area contributed by atoms with Gasteiger partial charge in [0.05, 0.1) is 19.9 Å². The van der Waals surface area contributed by atoms with Gasteiger partial charge in [0.25, 0.3) is 0 Å². The lowest BCUT2D eigenvalue weighted by Crippen LogP contribution is -2.49. The molecule has 0 fully saturated rings. The number of carbonyl (C=O) groups is 3. The summed E-state index contributed by atoms with van der Waals surface area (Å²) in [6.45, 7) is 7.21. The molecule has 0 saturated carbocycles. The normalized spacial score (nSPS) is 11.9. The lowest BCUT2D eigenvalue weighted by molar-refractivity contribution is -0.128. The molecule has 0 aliphatic heterocycles. The molecule has 208 valence electrons. The molecule has 0 saturated heterocycles. The van der Waals surface area contributed by atoms with E-state index in [4.69, 9.17) is 25.6 Å². The zero-order valence-electron chi connectivity index (χ0n) is 22.8. The first-order chi connectivity index (χ1) is 18.4. The Morgan fingerprint density at radius 1 is 1.05 bits per heavy atom. The molecule has 2 aromatic carbocycles. The number of anilines is 2. The van der Waals surface area contributed by atoms with Crippen LogP contribution in [0.15, 0.2) is 53.1 Å². The fourth-order valence-corrected chi connectivity index (χ4v) is 4.15. The van der Waals surface area contributed by atoms with Crippen molar-refractivity contribution in [2.45, 2.75) is 52.1 Å². The maximum absolute atomic E-state index is 14.0. The molecule has 3 amide bonds. The zero-order chi connectivity index (χ0) is 28.7. The van der Waals surface area contributed by atoms with Crippen LogP contribution in [0.2, 0.25) is 5.02 Å². The number of aryl methyl sites for hydroxylation is 1. The molecule has 0 spiro atoms. The first-order valence-electron chi connectivity index (χ1n) is 12.3. The van der Waals surface area contributed by atoms with Gasteiger partial charge in [-0.05, 0) is 45.9 Å². The first-order valence-corrected chi connectivity index (χ1v) is 12.6. The van der Waals surface area contributed by atoms with Crippen molar-refractivity contribution in [1.29, 1.82) is 0 Å². The average Bonchev–Trinajstić information content (AvgIpc) is 3.29. The topological polar surface area (TPSA) is 123 Å². The van der Waals surface area contributed by atoms with Gasteiger partial charge in [-0.25, -0.2) is 0 Å². The average molecular weight is 557 g/mol. The zero-order valence-corrected chi connectivity index (χ0v) is 23.6. The van der Waals surface area contributed by atoms with Crippen molar-refractivity contribution >= 4 is 40.8 Å². The van der Waals surface area contributed by atoms with Gasteiger partial charge >= 0.3 is 0 Å². The Labute approximate surface area is 232 Å². The number of nitrogens with zero attached hydrogens (tertiary/aromatic N) is 2. The quantitative estimate of drug-likeness (QED) is 0.358. The number of amides is 3. The van der Waals surface area contributed by atoms with E-state index in [0.717, 1.165) is 0 Å². The number of methoxy groups -OCH3 is 2. The predicted octanol–water partition coefficient (Wildman–Crippen LogP) is 5.06. The second-order valence-corrected chi connectivity index (χ2v) is 10.2. The fourth-order valence-electron chi connectivity index (χ4n) is 3.91. The number of nitrogens with one attached hydrogen (secondary N) is 2.